The fourth-order valence-electron chi connectivity index (χ4n) is 3.68. The van der Waals surface area contributed by atoms with Crippen molar-refractivity contribution in [1.29, 1.82) is 5.26 Å². The van der Waals surface area contributed by atoms with Crippen molar-refractivity contribution in [2.24, 2.45) is 5.41 Å². The number of nitrogens with one attached hydrogen (secondary N) is 2. The normalized spacial score (nSPS) is 17.5. The molecule has 2 rings (SSSR count). The third-order valence-corrected chi connectivity index (χ3v) is 5.32. The molecule has 1 unspecified atom stereocenters. The number of nitriles is 1. The van der Waals surface area contributed by atoms with Gasteiger partial charge in [-0.25, -0.2) is 4.79 Å². The van der Waals surface area contributed by atoms with Gasteiger partial charge in [-0.1, -0.05) is 56.7 Å². The first-order valence-corrected chi connectivity index (χ1v) is 10.9. The maximum Gasteiger partial charge on any atom is 0.475 e. The zero-order valence-corrected chi connectivity index (χ0v) is 19.3. The smallest absolute Gasteiger partial charge is 0.426 e. The summed E-state index contributed by atoms with van der Waals surface area (Å²) in [7, 11) is -1.72. The molecule has 172 valence electrons. The van der Waals surface area contributed by atoms with Crippen LogP contribution in [0.15, 0.2) is 35.9 Å². The van der Waals surface area contributed by atoms with Crippen molar-refractivity contribution >= 4 is 19.1 Å². The summed E-state index contributed by atoms with van der Waals surface area (Å²) in [5.41, 5.74) is 1.77. The largest absolute Gasteiger partial charge is 0.475 e. The van der Waals surface area contributed by atoms with Gasteiger partial charge in [0.2, 0.25) is 0 Å². The second-order valence-corrected chi connectivity index (χ2v) is 9.39. The van der Waals surface area contributed by atoms with Crippen LogP contribution in [0.3, 0.4) is 0 Å². The van der Waals surface area contributed by atoms with E-state index in [1.165, 1.54) is 0 Å². The van der Waals surface area contributed by atoms with E-state index in [2.05, 4.69) is 10.6 Å². The van der Waals surface area contributed by atoms with E-state index in [4.69, 9.17) is 0 Å². The lowest BCUT2D eigenvalue weighted by Crippen LogP contribution is -2.53. The number of allylic oxidation sites excluding steroid dienone is 1. The Bertz CT molecular complexity index is 871. The highest BCUT2D eigenvalue weighted by Crippen LogP contribution is 2.23. The number of carbonyl (C=O) groups is 2. The molecule has 1 aliphatic rings. The highest BCUT2D eigenvalue weighted by Gasteiger charge is 2.32. The molecule has 1 heterocycles. The Morgan fingerprint density at radius 1 is 1.31 bits per heavy atom. The molecule has 0 saturated carbocycles. The van der Waals surface area contributed by atoms with Crippen LogP contribution < -0.4 is 10.6 Å². The average molecular weight is 440 g/mol. The minimum absolute atomic E-state index is 0.107. The van der Waals surface area contributed by atoms with Crippen molar-refractivity contribution in [2.75, 3.05) is 13.1 Å². The van der Waals surface area contributed by atoms with Crippen LogP contribution >= 0.6 is 0 Å². The van der Waals surface area contributed by atoms with Crippen molar-refractivity contribution in [3.63, 3.8) is 0 Å². The minimum Gasteiger partial charge on any atom is -0.426 e. The van der Waals surface area contributed by atoms with E-state index in [-0.39, 0.29) is 35.9 Å². The Balaban J connectivity index is 1.95. The van der Waals surface area contributed by atoms with Crippen molar-refractivity contribution in [3.05, 3.63) is 47.0 Å². The summed E-state index contributed by atoms with van der Waals surface area (Å²) in [6.07, 6.45) is 3.45. The van der Waals surface area contributed by atoms with Gasteiger partial charge >= 0.3 is 13.1 Å². The molecule has 0 aliphatic carbocycles. The summed E-state index contributed by atoms with van der Waals surface area (Å²) in [5, 5.41) is 34.1. The van der Waals surface area contributed by atoms with Crippen LogP contribution in [0.25, 0.3) is 0 Å². The van der Waals surface area contributed by atoms with Crippen molar-refractivity contribution in [2.45, 2.75) is 58.9 Å². The molecule has 1 fully saturated rings. The van der Waals surface area contributed by atoms with Gasteiger partial charge in [0, 0.05) is 19.1 Å². The fraction of sp³-hybridized carbons (Fsp3) is 0.522. The van der Waals surface area contributed by atoms with Crippen LogP contribution in [0.1, 0.15) is 44.7 Å². The van der Waals surface area contributed by atoms with Gasteiger partial charge in [-0.2, -0.15) is 5.26 Å². The quantitative estimate of drug-likeness (QED) is 0.292. The zero-order valence-electron chi connectivity index (χ0n) is 19.3. The molecule has 0 aromatic heterocycles. The first kappa shape index (κ1) is 25.4. The van der Waals surface area contributed by atoms with E-state index in [9.17, 15) is 24.9 Å². The Labute approximate surface area is 190 Å². The number of rotatable bonds is 7. The average Bonchev–Trinajstić information content (AvgIpc) is 3.19. The van der Waals surface area contributed by atoms with Gasteiger partial charge in [0.15, 0.2) is 0 Å². The summed E-state index contributed by atoms with van der Waals surface area (Å²) in [4.78, 5) is 26.9. The minimum atomic E-state index is -1.72. The monoisotopic (exact) mass is 440 g/mol. The lowest BCUT2D eigenvalue weighted by molar-refractivity contribution is -0.127. The number of hydrogen-bond acceptors (Lipinski definition) is 5. The number of carbonyl (C=O) groups excluding carboxylic acids is 2. The number of nitrogens with zero attached hydrogens (tertiary/aromatic N) is 2. The van der Waals surface area contributed by atoms with Crippen molar-refractivity contribution < 1.29 is 19.6 Å². The molecular formula is C23H33BN4O4. The van der Waals surface area contributed by atoms with Crippen LogP contribution in [0.4, 0.5) is 4.79 Å². The fourth-order valence-corrected chi connectivity index (χ4v) is 3.68. The van der Waals surface area contributed by atoms with Gasteiger partial charge in [-0.3, -0.25) is 4.79 Å². The second kappa shape index (κ2) is 11.2. The summed E-state index contributed by atoms with van der Waals surface area (Å²) >= 11 is 0. The molecular weight excluding hydrogens is 407 g/mol. The molecule has 4 N–H and O–H groups in total. The number of amides is 3. The number of hydrogen-bond donors (Lipinski definition) is 4. The van der Waals surface area contributed by atoms with Crippen molar-refractivity contribution in [1.82, 2.24) is 15.5 Å². The molecule has 9 heteroatoms. The van der Waals surface area contributed by atoms with Gasteiger partial charge < -0.3 is 25.6 Å². The number of likely N-dealkylation sites (tertiary alicyclic amines) is 1. The standard InChI is InChI=1S/C23H33BN4O4/c1-16-7-9-17(10-8-16)12-20(24(31)32)27-22(30)26-15-19-6-5-11-28(19)21(29)18(14-25)13-23(2,3)4/h7-10,13,19-20,31-32H,5-6,11-12,15H2,1-4H3,(H2,26,27,30)/t19?,20-/m0/s1. The molecule has 1 aliphatic heterocycles. The highest BCUT2D eigenvalue weighted by atomic mass is 16.4. The van der Waals surface area contributed by atoms with Crippen LogP contribution in [-0.2, 0) is 11.2 Å². The lowest BCUT2D eigenvalue weighted by atomic mass is 9.76. The van der Waals surface area contributed by atoms with Crippen molar-refractivity contribution in [3.8, 4) is 6.07 Å². The number of urea groups is 1. The molecule has 1 aromatic carbocycles. The molecule has 0 radical (unpaired) electrons. The molecule has 0 bridgehead atoms. The molecule has 1 aromatic rings. The lowest BCUT2D eigenvalue weighted by Gasteiger charge is -2.26. The molecule has 8 nitrogen and oxygen atoms in total. The summed E-state index contributed by atoms with van der Waals surface area (Å²) in [6, 6.07) is 8.84. The SMILES string of the molecule is Cc1ccc(C[C@H](NC(=O)NCC2CCCN2C(=O)C(C#N)=CC(C)(C)C)B(O)O)cc1. The van der Waals surface area contributed by atoms with Crippen LogP contribution in [-0.4, -0.2) is 59.1 Å². The van der Waals surface area contributed by atoms with Crippen LogP contribution in [0.2, 0.25) is 0 Å². The topological polar surface area (TPSA) is 126 Å². The van der Waals surface area contributed by atoms with Gasteiger partial charge in [-0.05, 0) is 37.2 Å². The van der Waals surface area contributed by atoms with E-state index in [1.807, 2.05) is 58.0 Å². The van der Waals surface area contributed by atoms with Crippen LogP contribution in [0.5, 0.6) is 0 Å². The van der Waals surface area contributed by atoms with E-state index >= 15 is 0 Å². The predicted octanol–water partition coefficient (Wildman–Crippen LogP) is 1.70. The van der Waals surface area contributed by atoms with E-state index < -0.39 is 19.1 Å². The Morgan fingerprint density at radius 3 is 2.53 bits per heavy atom. The Morgan fingerprint density at radius 2 is 1.97 bits per heavy atom. The number of aryl methyl sites for hydroxylation is 1. The first-order valence-electron chi connectivity index (χ1n) is 10.9. The maximum atomic E-state index is 12.8. The number of benzene rings is 1. The maximum absolute atomic E-state index is 12.8. The molecule has 3 amide bonds. The molecule has 0 spiro atoms. The second-order valence-electron chi connectivity index (χ2n) is 9.39. The summed E-state index contributed by atoms with van der Waals surface area (Å²) in [5.74, 6) is -1.20. The predicted molar refractivity (Wildman–Crippen MR) is 123 cm³/mol. The van der Waals surface area contributed by atoms with Crippen LogP contribution in [0, 0.1) is 23.7 Å². The van der Waals surface area contributed by atoms with Gasteiger partial charge in [0.05, 0.1) is 5.94 Å². The summed E-state index contributed by atoms with van der Waals surface area (Å²) < 4.78 is 0. The molecule has 2 atom stereocenters. The van der Waals surface area contributed by atoms with E-state index in [1.54, 1.807) is 11.0 Å². The highest BCUT2D eigenvalue weighted by molar-refractivity contribution is 6.43. The Hall–Kier alpha value is -2.83. The first-order chi connectivity index (χ1) is 15.0. The molecule has 1 saturated heterocycles. The van der Waals surface area contributed by atoms with Gasteiger partial charge in [0.25, 0.3) is 5.91 Å². The third kappa shape index (κ3) is 7.70. The van der Waals surface area contributed by atoms with E-state index in [0.29, 0.717) is 6.54 Å². The zero-order chi connectivity index (χ0) is 23.9. The van der Waals surface area contributed by atoms with E-state index in [0.717, 1.165) is 24.0 Å². The molecule has 32 heavy (non-hydrogen) atoms. The van der Waals surface area contributed by atoms with Gasteiger partial charge in [0.1, 0.15) is 11.6 Å². The summed E-state index contributed by atoms with van der Waals surface area (Å²) in [6.45, 7) is 8.48. The Kier molecular flexibility index (Phi) is 8.87. The third-order valence-electron chi connectivity index (χ3n) is 5.32. The van der Waals surface area contributed by atoms with Gasteiger partial charge in [-0.15, -0.1) is 0 Å².